The minimum Gasteiger partial charge on any atom is -0.493 e. The molecule has 0 saturated heterocycles. The van der Waals surface area contributed by atoms with Crippen molar-refractivity contribution < 1.29 is 9.47 Å². The van der Waals surface area contributed by atoms with Gasteiger partial charge in [0.25, 0.3) is 0 Å². The zero-order valence-electron chi connectivity index (χ0n) is 13.0. The van der Waals surface area contributed by atoms with Crippen molar-refractivity contribution >= 4 is 22.1 Å². The molecule has 1 heterocycles. The van der Waals surface area contributed by atoms with Gasteiger partial charge in [0, 0.05) is 0 Å². The number of hydrogen-bond donors (Lipinski definition) is 0. The van der Waals surface area contributed by atoms with Crippen molar-refractivity contribution in [3.63, 3.8) is 0 Å². The van der Waals surface area contributed by atoms with E-state index in [0.717, 1.165) is 15.6 Å². The van der Waals surface area contributed by atoms with Gasteiger partial charge in [-0.2, -0.15) is 5.10 Å². The maximum absolute atomic E-state index is 5.91. The van der Waals surface area contributed by atoms with Gasteiger partial charge in [0.15, 0.2) is 11.5 Å². The van der Waals surface area contributed by atoms with Crippen molar-refractivity contribution in [3.8, 4) is 11.5 Å². The molecule has 0 aliphatic carbocycles. The van der Waals surface area contributed by atoms with Gasteiger partial charge in [0.05, 0.1) is 17.8 Å². The molecule has 0 amide bonds. The van der Waals surface area contributed by atoms with Gasteiger partial charge in [-0.1, -0.05) is 30.3 Å². The van der Waals surface area contributed by atoms with Crippen LogP contribution in [0.2, 0.25) is 0 Å². The smallest absolute Gasteiger partial charge is 0.175 e. The first-order valence-corrected chi connectivity index (χ1v) is 7.99. The molecule has 6 nitrogen and oxygen atoms in total. The number of halogens is 1. The highest BCUT2D eigenvalue weighted by Gasteiger charge is 2.11. The maximum Gasteiger partial charge on any atom is 0.175 e. The highest BCUT2D eigenvalue weighted by molar-refractivity contribution is 9.10. The molecular formula is C17H15BrN4O2. The Hall–Kier alpha value is -2.67. The molecular weight excluding hydrogens is 372 g/mol. The van der Waals surface area contributed by atoms with E-state index < -0.39 is 0 Å². The fraction of sp³-hybridized carbons (Fsp3) is 0.118. The van der Waals surface area contributed by atoms with Gasteiger partial charge in [-0.25, -0.2) is 4.68 Å². The average Bonchev–Trinajstić information content (AvgIpc) is 3.13. The van der Waals surface area contributed by atoms with Crippen LogP contribution in [0.4, 0.5) is 0 Å². The topological polar surface area (TPSA) is 61.5 Å². The number of aromatic nitrogens is 3. The molecule has 0 N–H and O–H groups in total. The quantitative estimate of drug-likeness (QED) is 0.608. The highest BCUT2D eigenvalue weighted by atomic mass is 79.9. The van der Waals surface area contributed by atoms with Gasteiger partial charge >= 0.3 is 0 Å². The van der Waals surface area contributed by atoms with Crippen molar-refractivity contribution in [2.75, 3.05) is 7.11 Å². The predicted molar refractivity (Wildman–Crippen MR) is 94.5 cm³/mol. The van der Waals surface area contributed by atoms with Gasteiger partial charge in [0.1, 0.15) is 19.3 Å². The SMILES string of the molecule is COc1cc(C=Nn2cnnc2)cc(Br)c1OCc1ccccc1. The van der Waals surface area contributed by atoms with Crippen LogP contribution >= 0.6 is 15.9 Å². The third kappa shape index (κ3) is 3.99. The minimum atomic E-state index is 0.462. The third-order valence-corrected chi connectivity index (χ3v) is 3.81. The summed E-state index contributed by atoms with van der Waals surface area (Å²) in [5.41, 5.74) is 1.95. The van der Waals surface area contributed by atoms with Gasteiger partial charge < -0.3 is 9.47 Å². The highest BCUT2D eigenvalue weighted by Crippen LogP contribution is 2.36. The number of rotatable bonds is 6. The van der Waals surface area contributed by atoms with Gasteiger partial charge in [-0.05, 0) is 39.2 Å². The molecule has 0 fully saturated rings. The second-order valence-electron chi connectivity index (χ2n) is 4.89. The second-order valence-corrected chi connectivity index (χ2v) is 5.75. The Bertz CT molecular complexity index is 820. The normalized spacial score (nSPS) is 10.9. The van der Waals surface area contributed by atoms with Crippen LogP contribution in [0, 0.1) is 0 Å². The Kier molecular flexibility index (Phi) is 5.22. The van der Waals surface area contributed by atoms with E-state index in [2.05, 4.69) is 31.2 Å². The molecule has 3 rings (SSSR count). The number of nitrogens with zero attached hydrogens (tertiary/aromatic N) is 4. The summed E-state index contributed by atoms with van der Waals surface area (Å²) >= 11 is 3.53. The van der Waals surface area contributed by atoms with Crippen molar-refractivity contribution in [3.05, 3.63) is 70.7 Å². The molecule has 7 heteroatoms. The van der Waals surface area contributed by atoms with Gasteiger partial charge in [0.2, 0.25) is 0 Å². The molecule has 1 aromatic heterocycles. The van der Waals surface area contributed by atoms with Crippen molar-refractivity contribution in [1.82, 2.24) is 14.9 Å². The lowest BCUT2D eigenvalue weighted by atomic mass is 10.2. The Labute approximate surface area is 147 Å². The zero-order valence-corrected chi connectivity index (χ0v) is 14.5. The molecule has 0 aliphatic rings. The summed E-state index contributed by atoms with van der Waals surface area (Å²) in [5.74, 6) is 1.29. The first-order chi connectivity index (χ1) is 11.8. The summed E-state index contributed by atoms with van der Waals surface area (Å²) < 4.78 is 13.7. The number of hydrogen-bond acceptors (Lipinski definition) is 5. The fourth-order valence-corrected chi connectivity index (χ4v) is 2.65. The molecule has 3 aromatic rings. The lowest BCUT2D eigenvalue weighted by Crippen LogP contribution is -1.99. The van der Waals surface area contributed by atoms with Crippen LogP contribution in [-0.2, 0) is 6.61 Å². The average molecular weight is 387 g/mol. The molecule has 0 atom stereocenters. The molecule has 0 unspecified atom stereocenters. The Morgan fingerprint density at radius 3 is 2.62 bits per heavy atom. The molecule has 0 aliphatic heterocycles. The van der Waals surface area contributed by atoms with Crippen LogP contribution in [0.1, 0.15) is 11.1 Å². The van der Waals surface area contributed by atoms with E-state index in [-0.39, 0.29) is 0 Å². The van der Waals surface area contributed by atoms with E-state index >= 15 is 0 Å². The van der Waals surface area contributed by atoms with Crippen molar-refractivity contribution in [2.45, 2.75) is 6.61 Å². The van der Waals surface area contributed by atoms with E-state index in [1.54, 1.807) is 13.3 Å². The van der Waals surface area contributed by atoms with E-state index in [9.17, 15) is 0 Å². The van der Waals surface area contributed by atoms with E-state index in [1.807, 2.05) is 42.5 Å². The maximum atomic E-state index is 5.91. The molecule has 0 radical (unpaired) electrons. The molecule has 0 bridgehead atoms. The summed E-state index contributed by atoms with van der Waals surface area (Å²) in [6.07, 6.45) is 4.72. The number of ether oxygens (including phenoxy) is 2. The van der Waals surface area contributed by atoms with E-state index in [0.29, 0.717) is 18.1 Å². The Morgan fingerprint density at radius 1 is 1.17 bits per heavy atom. The van der Waals surface area contributed by atoms with Crippen molar-refractivity contribution in [1.29, 1.82) is 0 Å². The molecule has 122 valence electrons. The lowest BCUT2D eigenvalue weighted by molar-refractivity contribution is 0.282. The van der Waals surface area contributed by atoms with Crippen LogP contribution in [0.25, 0.3) is 0 Å². The third-order valence-electron chi connectivity index (χ3n) is 3.22. The molecule has 0 spiro atoms. The summed E-state index contributed by atoms with van der Waals surface area (Å²) in [6.45, 7) is 0.462. The fourth-order valence-electron chi connectivity index (χ4n) is 2.07. The molecule has 0 saturated carbocycles. The Balaban J connectivity index is 1.79. The predicted octanol–water partition coefficient (Wildman–Crippen LogP) is 3.51. The largest absolute Gasteiger partial charge is 0.493 e. The van der Waals surface area contributed by atoms with Crippen LogP contribution in [0.5, 0.6) is 11.5 Å². The van der Waals surface area contributed by atoms with Gasteiger partial charge in [-0.3, -0.25) is 0 Å². The summed E-state index contributed by atoms with van der Waals surface area (Å²) in [7, 11) is 1.61. The zero-order chi connectivity index (χ0) is 16.8. The standard InChI is InChI=1S/C17H15BrN4O2/c1-23-16-8-14(9-21-22-11-19-20-12-22)7-15(18)17(16)24-10-13-5-3-2-4-6-13/h2-9,11-12H,10H2,1H3. The van der Waals surface area contributed by atoms with Crippen molar-refractivity contribution in [2.24, 2.45) is 5.10 Å². The van der Waals surface area contributed by atoms with Gasteiger partial charge in [-0.15, -0.1) is 10.2 Å². The summed E-state index contributed by atoms with van der Waals surface area (Å²) in [6, 6.07) is 13.7. The number of methoxy groups -OCH3 is 1. The summed E-state index contributed by atoms with van der Waals surface area (Å²) in [5, 5.41) is 11.6. The second kappa shape index (κ2) is 7.74. The lowest BCUT2D eigenvalue weighted by Gasteiger charge is -2.13. The first kappa shape index (κ1) is 16.2. The monoisotopic (exact) mass is 386 g/mol. The van der Waals surface area contributed by atoms with E-state index in [4.69, 9.17) is 9.47 Å². The Morgan fingerprint density at radius 2 is 1.92 bits per heavy atom. The van der Waals surface area contributed by atoms with Crippen LogP contribution in [0.3, 0.4) is 0 Å². The first-order valence-electron chi connectivity index (χ1n) is 7.19. The van der Waals surface area contributed by atoms with Crippen LogP contribution < -0.4 is 9.47 Å². The number of benzene rings is 2. The van der Waals surface area contributed by atoms with E-state index in [1.165, 1.54) is 17.3 Å². The minimum absolute atomic E-state index is 0.462. The summed E-state index contributed by atoms with van der Waals surface area (Å²) in [4.78, 5) is 0. The molecule has 24 heavy (non-hydrogen) atoms. The van der Waals surface area contributed by atoms with Crippen LogP contribution in [-0.4, -0.2) is 28.2 Å². The van der Waals surface area contributed by atoms with Crippen LogP contribution in [0.15, 0.2) is 64.7 Å². The molecule has 2 aromatic carbocycles.